The molecule has 9 heteroatoms. The van der Waals surface area contributed by atoms with E-state index in [4.69, 9.17) is 4.74 Å². The largest absolute Gasteiger partial charge is 0.378 e. The Balaban J connectivity index is 1.90. The van der Waals surface area contributed by atoms with E-state index in [0.717, 1.165) is 0 Å². The molecule has 1 fully saturated rings. The number of halogens is 1. The third-order valence-electron chi connectivity index (χ3n) is 4.31. The molecule has 1 aliphatic heterocycles. The third-order valence-corrected chi connectivity index (χ3v) is 5.00. The minimum atomic E-state index is -0.498. The molecule has 2 amide bonds. The van der Waals surface area contributed by atoms with E-state index in [1.54, 1.807) is 29.2 Å². The number of hydrogen-bond donors (Lipinski definition) is 1. The van der Waals surface area contributed by atoms with Gasteiger partial charge in [-0.3, -0.25) is 19.7 Å². The molecule has 2 aromatic rings. The van der Waals surface area contributed by atoms with Crippen LogP contribution >= 0.6 is 15.9 Å². The molecule has 0 saturated carbocycles. The van der Waals surface area contributed by atoms with Crippen molar-refractivity contribution in [1.29, 1.82) is 0 Å². The summed E-state index contributed by atoms with van der Waals surface area (Å²) in [7, 11) is 0. The smallest absolute Gasteiger partial charge is 0.270 e. The van der Waals surface area contributed by atoms with E-state index in [2.05, 4.69) is 21.2 Å². The topological polar surface area (TPSA) is 102 Å². The maximum absolute atomic E-state index is 13.0. The van der Waals surface area contributed by atoms with Gasteiger partial charge in [0.25, 0.3) is 17.5 Å². The van der Waals surface area contributed by atoms with E-state index < -0.39 is 10.8 Å². The van der Waals surface area contributed by atoms with Gasteiger partial charge in [-0.05, 0) is 51.8 Å². The van der Waals surface area contributed by atoms with Gasteiger partial charge < -0.3 is 15.0 Å². The number of carbonyl (C=O) groups is 2. The van der Waals surface area contributed by atoms with Crippen molar-refractivity contribution in [1.82, 2.24) is 10.2 Å². The molecule has 0 aromatic heterocycles. The van der Waals surface area contributed by atoms with Gasteiger partial charge in [0, 0.05) is 29.7 Å². The van der Waals surface area contributed by atoms with Crippen LogP contribution in [0.15, 0.2) is 58.7 Å². The molecule has 0 spiro atoms. The van der Waals surface area contributed by atoms with Gasteiger partial charge in [0.2, 0.25) is 0 Å². The fraction of sp³-hybridized carbons (Fsp3) is 0.200. The Kier molecular flexibility index (Phi) is 6.73. The summed E-state index contributed by atoms with van der Waals surface area (Å²) in [5.41, 5.74) is 0.971. The van der Waals surface area contributed by atoms with Gasteiger partial charge in [0.15, 0.2) is 0 Å². The van der Waals surface area contributed by atoms with Crippen molar-refractivity contribution in [3.8, 4) is 0 Å². The minimum Gasteiger partial charge on any atom is -0.378 e. The zero-order chi connectivity index (χ0) is 20.8. The van der Waals surface area contributed by atoms with Gasteiger partial charge in [-0.25, -0.2) is 0 Å². The molecule has 1 saturated heterocycles. The van der Waals surface area contributed by atoms with E-state index in [1.807, 2.05) is 0 Å². The van der Waals surface area contributed by atoms with Crippen LogP contribution in [0, 0.1) is 10.1 Å². The molecule has 1 heterocycles. The zero-order valence-electron chi connectivity index (χ0n) is 15.3. The number of nitro benzene ring substituents is 1. The second-order valence-electron chi connectivity index (χ2n) is 6.25. The number of ether oxygens (including phenoxy) is 1. The fourth-order valence-corrected chi connectivity index (χ4v) is 3.25. The van der Waals surface area contributed by atoms with Crippen molar-refractivity contribution in [2.75, 3.05) is 26.3 Å². The summed E-state index contributed by atoms with van der Waals surface area (Å²) in [5.74, 6) is -0.778. The summed E-state index contributed by atoms with van der Waals surface area (Å²) in [5, 5.41) is 13.5. The van der Waals surface area contributed by atoms with Gasteiger partial charge >= 0.3 is 0 Å². The standard InChI is InChI=1S/C20H18BrN3O5/c21-17-4-2-1-3-16(17)19(25)22-18(20(26)23-9-11-29-12-10-23)13-14-5-7-15(8-6-14)24(27)28/h1-8,13H,9-12H2,(H,22,25)/b18-13-. The lowest BCUT2D eigenvalue weighted by atomic mass is 10.1. The summed E-state index contributed by atoms with van der Waals surface area (Å²) in [6.07, 6.45) is 1.51. The number of amides is 2. The molecule has 0 radical (unpaired) electrons. The Morgan fingerprint density at radius 3 is 2.38 bits per heavy atom. The summed E-state index contributed by atoms with van der Waals surface area (Å²) < 4.78 is 5.88. The molecular formula is C20H18BrN3O5. The summed E-state index contributed by atoms with van der Waals surface area (Å²) in [6, 6.07) is 12.6. The SMILES string of the molecule is O=C(N/C(=C\c1ccc([N+](=O)[O-])cc1)C(=O)N1CCOCC1)c1ccccc1Br. The summed E-state index contributed by atoms with van der Waals surface area (Å²) >= 11 is 3.33. The molecule has 2 aromatic carbocycles. The van der Waals surface area contributed by atoms with E-state index in [0.29, 0.717) is 41.9 Å². The fourth-order valence-electron chi connectivity index (χ4n) is 2.78. The van der Waals surface area contributed by atoms with Crippen molar-refractivity contribution in [3.05, 3.63) is 79.9 Å². The highest BCUT2D eigenvalue weighted by molar-refractivity contribution is 9.10. The molecular weight excluding hydrogens is 442 g/mol. The first-order valence-corrected chi connectivity index (χ1v) is 9.64. The Hall–Kier alpha value is -3.04. The first-order valence-electron chi connectivity index (χ1n) is 8.85. The number of non-ortho nitro benzene ring substituents is 1. The highest BCUT2D eigenvalue weighted by Gasteiger charge is 2.23. The highest BCUT2D eigenvalue weighted by Crippen LogP contribution is 2.18. The van der Waals surface area contributed by atoms with Crippen LogP contribution in [0.4, 0.5) is 5.69 Å². The molecule has 1 aliphatic rings. The van der Waals surface area contributed by atoms with Crippen LogP contribution in [0.25, 0.3) is 6.08 Å². The lowest BCUT2D eigenvalue weighted by Crippen LogP contribution is -2.44. The van der Waals surface area contributed by atoms with Crippen LogP contribution in [0.2, 0.25) is 0 Å². The number of hydrogen-bond acceptors (Lipinski definition) is 5. The molecule has 0 aliphatic carbocycles. The van der Waals surface area contributed by atoms with Crippen LogP contribution in [0.3, 0.4) is 0 Å². The first-order chi connectivity index (χ1) is 14.0. The molecule has 8 nitrogen and oxygen atoms in total. The predicted octanol–water partition coefficient (Wildman–Crippen LogP) is 2.99. The number of benzene rings is 2. The maximum atomic E-state index is 13.0. The third kappa shape index (κ3) is 5.27. The number of nitrogens with zero attached hydrogens (tertiary/aromatic N) is 2. The average molecular weight is 460 g/mol. The molecule has 3 rings (SSSR count). The Bertz CT molecular complexity index is 953. The van der Waals surface area contributed by atoms with Gasteiger partial charge in [-0.15, -0.1) is 0 Å². The van der Waals surface area contributed by atoms with Crippen molar-refractivity contribution in [3.63, 3.8) is 0 Å². The van der Waals surface area contributed by atoms with E-state index in [1.165, 1.54) is 30.3 Å². The van der Waals surface area contributed by atoms with Crippen molar-refractivity contribution < 1.29 is 19.2 Å². The van der Waals surface area contributed by atoms with Crippen LogP contribution in [0.5, 0.6) is 0 Å². The zero-order valence-corrected chi connectivity index (χ0v) is 16.9. The molecule has 150 valence electrons. The van der Waals surface area contributed by atoms with Crippen LogP contribution in [0.1, 0.15) is 15.9 Å². The van der Waals surface area contributed by atoms with Crippen molar-refractivity contribution in [2.45, 2.75) is 0 Å². The van der Waals surface area contributed by atoms with Crippen LogP contribution in [-0.2, 0) is 9.53 Å². The molecule has 1 N–H and O–H groups in total. The van der Waals surface area contributed by atoms with E-state index in [-0.39, 0.29) is 17.3 Å². The number of nitrogens with one attached hydrogen (secondary N) is 1. The van der Waals surface area contributed by atoms with Crippen molar-refractivity contribution >= 4 is 39.5 Å². The van der Waals surface area contributed by atoms with Gasteiger partial charge in [-0.1, -0.05) is 12.1 Å². The maximum Gasteiger partial charge on any atom is 0.270 e. The second-order valence-corrected chi connectivity index (χ2v) is 7.10. The van der Waals surface area contributed by atoms with Crippen molar-refractivity contribution in [2.24, 2.45) is 0 Å². The van der Waals surface area contributed by atoms with Gasteiger partial charge in [0.05, 0.1) is 23.7 Å². The Labute approximate surface area is 175 Å². The lowest BCUT2D eigenvalue weighted by Gasteiger charge is -2.28. The molecule has 0 atom stereocenters. The molecule has 29 heavy (non-hydrogen) atoms. The van der Waals surface area contributed by atoms with E-state index >= 15 is 0 Å². The average Bonchev–Trinajstić information content (AvgIpc) is 2.74. The van der Waals surface area contributed by atoms with Crippen LogP contribution in [-0.4, -0.2) is 47.9 Å². The van der Waals surface area contributed by atoms with E-state index in [9.17, 15) is 19.7 Å². The van der Waals surface area contributed by atoms with Gasteiger partial charge in [0.1, 0.15) is 5.70 Å². The number of morpholine rings is 1. The quantitative estimate of drug-likeness (QED) is 0.420. The Morgan fingerprint density at radius 2 is 1.76 bits per heavy atom. The second kappa shape index (κ2) is 9.44. The highest BCUT2D eigenvalue weighted by atomic mass is 79.9. The molecule has 0 unspecified atom stereocenters. The minimum absolute atomic E-state index is 0.0551. The monoisotopic (exact) mass is 459 g/mol. The van der Waals surface area contributed by atoms with Crippen LogP contribution < -0.4 is 5.32 Å². The number of rotatable bonds is 5. The lowest BCUT2D eigenvalue weighted by molar-refractivity contribution is -0.384. The molecule has 0 bridgehead atoms. The summed E-state index contributed by atoms with van der Waals surface area (Å²) in [6.45, 7) is 1.69. The first kappa shape index (κ1) is 20.7. The van der Waals surface area contributed by atoms with Gasteiger partial charge in [-0.2, -0.15) is 0 Å². The summed E-state index contributed by atoms with van der Waals surface area (Å²) in [4.78, 5) is 37.7. The number of nitro groups is 1. The Morgan fingerprint density at radius 1 is 1.10 bits per heavy atom. The number of carbonyl (C=O) groups excluding carboxylic acids is 2. The normalized spacial score (nSPS) is 14.4. The predicted molar refractivity (Wildman–Crippen MR) is 110 cm³/mol.